The van der Waals surface area contributed by atoms with Crippen LogP contribution in [0.5, 0.6) is 0 Å². The first-order valence-electron chi connectivity index (χ1n) is 6.22. The SMILES string of the molecule is CNC(Cc1ccc(F)cc1)c1ccc(COC)o1. The molecule has 0 aliphatic carbocycles. The zero-order valence-corrected chi connectivity index (χ0v) is 11.2. The summed E-state index contributed by atoms with van der Waals surface area (Å²) in [7, 11) is 3.52. The number of ether oxygens (including phenoxy) is 1. The van der Waals surface area contributed by atoms with Crippen LogP contribution in [0.25, 0.3) is 0 Å². The van der Waals surface area contributed by atoms with Crippen LogP contribution in [0.4, 0.5) is 4.39 Å². The minimum Gasteiger partial charge on any atom is -0.462 e. The molecule has 0 amide bonds. The molecule has 0 radical (unpaired) electrons. The van der Waals surface area contributed by atoms with Gasteiger partial charge >= 0.3 is 0 Å². The maximum Gasteiger partial charge on any atom is 0.129 e. The first kappa shape index (κ1) is 13.8. The van der Waals surface area contributed by atoms with Gasteiger partial charge in [-0.1, -0.05) is 12.1 Å². The van der Waals surface area contributed by atoms with Gasteiger partial charge in [0, 0.05) is 7.11 Å². The fraction of sp³-hybridized carbons (Fsp3) is 0.333. The Balaban J connectivity index is 2.08. The molecule has 0 bridgehead atoms. The van der Waals surface area contributed by atoms with Crippen LogP contribution in [-0.4, -0.2) is 14.2 Å². The highest BCUT2D eigenvalue weighted by atomic mass is 19.1. The van der Waals surface area contributed by atoms with Crippen molar-refractivity contribution in [2.45, 2.75) is 19.1 Å². The van der Waals surface area contributed by atoms with Gasteiger partial charge in [0.15, 0.2) is 0 Å². The average Bonchev–Trinajstić information content (AvgIpc) is 2.87. The molecule has 3 nitrogen and oxygen atoms in total. The van der Waals surface area contributed by atoms with E-state index in [0.29, 0.717) is 6.61 Å². The lowest BCUT2D eigenvalue weighted by atomic mass is 10.0. The summed E-state index contributed by atoms with van der Waals surface area (Å²) in [5.74, 6) is 1.45. The van der Waals surface area contributed by atoms with E-state index < -0.39 is 0 Å². The van der Waals surface area contributed by atoms with E-state index in [1.165, 1.54) is 12.1 Å². The van der Waals surface area contributed by atoms with E-state index in [-0.39, 0.29) is 11.9 Å². The quantitative estimate of drug-likeness (QED) is 0.869. The Kier molecular flexibility index (Phi) is 4.71. The van der Waals surface area contributed by atoms with Gasteiger partial charge in [0.2, 0.25) is 0 Å². The summed E-state index contributed by atoms with van der Waals surface area (Å²) in [6.07, 6.45) is 0.747. The highest BCUT2D eigenvalue weighted by Crippen LogP contribution is 2.21. The summed E-state index contributed by atoms with van der Waals surface area (Å²) in [5.41, 5.74) is 1.06. The Hall–Kier alpha value is -1.65. The Labute approximate surface area is 112 Å². The second-order valence-corrected chi connectivity index (χ2v) is 4.41. The first-order chi connectivity index (χ1) is 9.22. The van der Waals surface area contributed by atoms with Gasteiger partial charge in [0.05, 0.1) is 6.04 Å². The fourth-order valence-corrected chi connectivity index (χ4v) is 2.00. The normalized spacial score (nSPS) is 12.6. The minimum atomic E-state index is -0.217. The Morgan fingerprint density at radius 3 is 2.58 bits per heavy atom. The summed E-state index contributed by atoms with van der Waals surface area (Å²) in [4.78, 5) is 0. The maximum absolute atomic E-state index is 12.9. The van der Waals surface area contributed by atoms with Gasteiger partial charge in [0.1, 0.15) is 23.9 Å². The summed E-state index contributed by atoms with van der Waals surface area (Å²) in [6.45, 7) is 0.465. The average molecular weight is 263 g/mol. The van der Waals surface area contributed by atoms with Crippen molar-refractivity contribution in [2.24, 2.45) is 0 Å². The van der Waals surface area contributed by atoms with Crippen molar-refractivity contribution in [3.8, 4) is 0 Å². The van der Waals surface area contributed by atoms with E-state index in [2.05, 4.69) is 5.32 Å². The molecule has 0 fully saturated rings. The van der Waals surface area contributed by atoms with Crippen LogP contribution in [-0.2, 0) is 17.8 Å². The van der Waals surface area contributed by atoms with E-state index in [1.54, 1.807) is 19.2 Å². The molecule has 0 aliphatic heterocycles. The summed E-state index contributed by atoms with van der Waals surface area (Å²) in [6, 6.07) is 10.4. The van der Waals surface area contributed by atoms with Gasteiger partial charge in [0.25, 0.3) is 0 Å². The van der Waals surface area contributed by atoms with Crippen molar-refractivity contribution in [3.63, 3.8) is 0 Å². The molecule has 1 atom stereocenters. The van der Waals surface area contributed by atoms with Crippen LogP contribution >= 0.6 is 0 Å². The second kappa shape index (κ2) is 6.50. The number of halogens is 1. The topological polar surface area (TPSA) is 34.4 Å². The lowest BCUT2D eigenvalue weighted by Gasteiger charge is -2.13. The molecule has 1 unspecified atom stereocenters. The summed E-state index contributed by atoms with van der Waals surface area (Å²) >= 11 is 0. The molecule has 4 heteroatoms. The van der Waals surface area contributed by atoms with Crippen molar-refractivity contribution in [1.82, 2.24) is 5.32 Å². The van der Waals surface area contributed by atoms with E-state index in [4.69, 9.17) is 9.15 Å². The number of methoxy groups -OCH3 is 1. The molecular formula is C15H18FNO2. The van der Waals surface area contributed by atoms with Gasteiger partial charge in [-0.05, 0) is 43.3 Å². The molecule has 1 heterocycles. The highest BCUT2D eigenvalue weighted by Gasteiger charge is 2.14. The molecule has 0 aliphatic rings. The third kappa shape index (κ3) is 3.66. The number of furan rings is 1. The lowest BCUT2D eigenvalue weighted by molar-refractivity contribution is 0.161. The number of hydrogen-bond donors (Lipinski definition) is 1. The van der Waals surface area contributed by atoms with Crippen LogP contribution in [0.2, 0.25) is 0 Å². The highest BCUT2D eigenvalue weighted by molar-refractivity contribution is 5.20. The predicted molar refractivity (Wildman–Crippen MR) is 71.3 cm³/mol. The molecule has 102 valence electrons. The van der Waals surface area contributed by atoms with Crippen molar-refractivity contribution < 1.29 is 13.5 Å². The number of rotatable bonds is 6. The Bertz CT molecular complexity index is 507. The first-order valence-corrected chi connectivity index (χ1v) is 6.22. The molecule has 19 heavy (non-hydrogen) atoms. The van der Waals surface area contributed by atoms with Crippen LogP contribution in [0.15, 0.2) is 40.8 Å². The van der Waals surface area contributed by atoms with E-state index >= 15 is 0 Å². The molecule has 2 rings (SSSR count). The van der Waals surface area contributed by atoms with Crippen molar-refractivity contribution in [1.29, 1.82) is 0 Å². The molecule has 1 N–H and O–H groups in total. The predicted octanol–water partition coefficient (Wildman–Crippen LogP) is 3.07. The molecule has 1 aromatic carbocycles. The summed E-state index contributed by atoms with van der Waals surface area (Å²) in [5, 5.41) is 3.21. The Morgan fingerprint density at radius 2 is 1.95 bits per heavy atom. The Morgan fingerprint density at radius 1 is 1.21 bits per heavy atom. The standard InChI is InChI=1S/C15H18FNO2/c1-17-14(9-11-3-5-12(16)6-4-11)15-8-7-13(19-15)10-18-2/h3-8,14,17H,9-10H2,1-2H3. The number of likely N-dealkylation sites (N-methyl/N-ethyl adjacent to an activating group) is 1. The molecule has 0 saturated carbocycles. The largest absolute Gasteiger partial charge is 0.462 e. The molecule has 2 aromatic rings. The minimum absolute atomic E-state index is 0.0658. The van der Waals surface area contributed by atoms with Gasteiger partial charge in [-0.15, -0.1) is 0 Å². The van der Waals surface area contributed by atoms with Gasteiger partial charge in [-0.2, -0.15) is 0 Å². The lowest BCUT2D eigenvalue weighted by Crippen LogP contribution is -2.18. The van der Waals surface area contributed by atoms with Crippen LogP contribution in [0.1, 0.15) is 23.1 Å². The van der Waals surface area contributed by atoms with Gasteiger partial charge in [-0.3, -0.25) is 0 Å². The smallest absolute Gasteiger partial charge is 0.129 e. The van der Waals surface area contributed by atoms with E-state index in [0.717, 1.165) is 23.5 Å². The van der Waals surface area contributed by atoms with Crippen molar-refractivity contribution in [2.75, 3.05) is 14.2 Å². The maximum atomic E-state index is 12.9. The number of hydrogen-bond acceptors (Lipinski definition) is 3. The third-order valence-corrected chi connectivity index (χ3v) is 3.01. The molecule has 0 spiro atoms. The van der Waals surface area contributed by atoms with Crippen LogP contribution in [0, 0.1) is 5.82 Å². The van der Waals surface area contributed by atoms with Crippen molar-refractivity contribution in [3.05, 3.63) is 59.3 Å². The van der Waals surface area contributed by atoms with Crippen LogP contribution < -0.4 is 5.32 Å². The zero-order chi connectivity index (χ0) is 13.7. The van der Waals surface area contributed by atoms with Gasteiger partial charge < -0.3 is 14.5 Å². The number of nitrogens with one attached hydrogen (secondary N) is 1. The molecular weight excluding hydrogens is 245 g/mol. The number of benzene rings is 1. The van der Waals surface area contributed by atoms with Gasteiger partial charge in [-0.25, -0.2) is 4.39 Å². The van der Waals surface area contributed by atoms with Crippen molar-refractivity contribution >= 4 is 0 Å². The fourth-order valence-electron chi connectivity index (χ4n) is 2.00. The van der Waals surface area contributed by atoms with Crippen LogP contribution in [0.3, 0.4) is 0 Å². The second-order valence-electron chi connectivity index (χ2n) is 4.41. The zero-order valence-electron chi connectivity index (χ0n) is 11.2. The molecule has 1 aromatic heterocycles. The monoisotopic (exact) mass is 263 g/mol. The van der Waals surface area contributed by atoms with E-state index in [1.807, 2.05) is 19.2 Å². The summed E-state index contributed by atoms with van der Waals surface area (Å²) < 4.78 is 23.6. The molecule has 0 saturated heterocycles. The van der Waals surface area contributed by atoms with E-state index in [9.17, 15) is 4.39 Å². The third-order valence-electron chi connectivity index (χ3n) is 3.01.